The summed E-state index contributed by atoms with van der Waals surface area (Å²) in [6.07, 6.45) is -2.75. The van der Waals surface area contributed by atoms with Crippen LogP contribution in [0.4, 0.5) is 0 Å². The van der Waals surface area contributed by atoms with Crippen LogP contribution in [0.25, 0.3) is 0 Å². The standard InChI is InChI=1S/C10H13O8.Fe.Na.H/c11-7(12)1-5(2-8(13)14)6(3-9(15)16)4-10(17)18;;;/h5H,1-4H2,(H,11,12)(H,13,14)(H,15,16)(H,17,18);;;. The van der Waals surface area contributed by atoms with Gasteiger partial charge in [0.15, 0.2) is 0 Å². The van der Waals surface area contributed by atoms with Crippen molar-refractivity contribution in [1.82, 2.24) is 0 Å². The van der Waals surface area contributed by atoms with E-state index in [9.17, 15) is 19.2 Å². The molecule has 0 aliphatic rings. The summed E-state index contributed by atoms with van der Waals surface area (Å²) in [4.78, 5) is 42.9. The maximum absolute atomic E-state index is 10.7. The second-order valence-electron chi connectivity index (χ2n) is 4.04. The van der Waals surface area contributed by atoms with Gasteiger partial charge in [0, 0.05) is 0 Å². The van der Waals surface area contributed by atoms with E-state index >= 15 is 0 Å². The molecule has 0 aromatic rings. The van der Waals surface area contributed by atoms with Crippen molar-refractivity contribution in [3.05, 3.63) is 0 Å². The predicted molar refractivity (Wildman–Crippen MR) is 62.3 cm³/mol. The average molecular weight is 341 g/mol. The molecule has 0 rings (SSSR count). The van der Waals surface area contributed by atoms with Crippen LogP contribution in [0.2, 0.25) is 4.31 Å². The fourth-order valence-corrected chi connectivity index (χ4v) is 2.26. The molecule has 0 amide bonds. The summed E-state index contributed by atoms with van der Waals surface area (Å²) < 4.78 is -1.69. The molecule has 0 saturated carbocycles. The zero-order valence-electron chi connectivity index (χ0n) is 9.68. The van der Waals surface area contributed by atoms with Crippen LogP contribution in [-0.4, -0.2) is 73.9 Å². The van der Waals surface area contributed by atoms with E-state index in [-0.39, 0.29) is 29.6 Å². The van der Waals surface area contributed by atoms with Gasteiger partial charge in [-0.15, -0.1) is 0 Å². The molecule has 0 atom stereocenters. The first kappa shape index (κ1) is 21.7. The zero-order chi connectivity index (χ0) is 15.2. The Labute approximate surface area is 144 Å². The van der Waals surface area contributed by atoms with E-state index in [4.69, 9.17) is 20.4 Å². The predicted octanol–water partition coefficient (Wildman–Crippen LogP) is -0.442. The molecule has 0 saturated heterocycles. The number of hydrogen-bond donors (Lipinski definition) is 4. The van der Waals surface area contributed by atoms with Crippen LogP contribution in [-0.2, 0) is 35.2 Å². The van der Waals surface area contributed by atoms with Crippen LogP contribution in [0.3, 0.4) is 0 Å². The first-order valence-electron chi connectivity index (χ1n) is 5.11. The van der Waals surface area contributed by atoms with Gasteiger partial charge in [-0.2, -0.15) is 0 Å². The van der Waals surface area contributed by atoms with Crippen molar-refractivity contribution >= 4 is 53.4 Å². The third-order valence-electron chi connectivity index (χ3n) is 2.45. The summed E-state index contributed by atoms with van der Waals surface area (Å²) in [6.45, 7) is 0. The van der Waals surface area contributed by atoms with Gasteiger partial charge in [-0.1, -0.05) is 0 Å². The molecular weight excluding hydrogens is 327 g/mol. The van der Waals surface area contributed by atoms with Gasteiger partial charge < -0.3 is 0 Å². The molecule has 111 valence electrons. The van der Waals surface area contributed by atoms with Crippen molar-refractivity contribution in [3.63, 3.8) is 0 Å². The van der Waals surface area contributed by atoms with Gasteiger partial charge in [-0.3, -0.25) is 0 Å². The number of aliphatic carboxylic acids is 4. The summed E-state index contributed by atoms with van der Waals surface area (Å²) in [6, 6.07) is 0. The van der Waals surface area contributed by atoms with Crippen LogP contribution in [0.15, 0.2) is 0 Å². The molecule has 0 heterocycles. The van der Waals surface area contributed by atoms with Crippen LogP contribution >= 0.6 is 0 Å². The third kappa shape index (κ3) is 8.55. The quantitative estimate of drug-likeness (QED) is 0.412. The van der Waals surface area contributed by atoms with Gasteiger partial charge in [-0.05, 0) is 0 Å². The van der Waals surface area contributed by atoms with E-state index in [1.165, 1.54) is 0 Å². The van der Waals surface area contributed by atoms with Crippen LogP contribution < -0.4 is 0 Å². The molecule has 0 aliphatic heterocycles. The Morgan fingerprint density at radius 1 is 0.800 bits per heavy atom. The molecule has 0 aromatic carbocycles. The van der Waals surface area contributed by atoms with Crippen molar-refractivity contribution in [2.24, 2.45) is 5.92 Å². The molecule has 0 aliphatic carbocycles. The Morgan fingerprint density at radius 3 is 1.30 bits per heavy atom. The minimum atomic E-state index is -1.69. The normalized spacial score (nSPS) is 10.7. The van der Waals surface area contributed by atoms with Crippen LogP contribution in [0, 0.1) is 5.92 Å². The maximum atomic E-state index is 10.7. The molecule has 0 fully saturated rings. The second-order valence-corrected chi connectivity index (χ2v) is 5.14. The molecule has 0 radical (unpaired) electrons. The number of carboxylic acids is 4. The van der Waals surface area contributed by atoms with Gasteiger partial charge in [-0.25, -0.2) is 0 Å². The average Bonchev–Trinajstić information content (AvgIpc) is 2.11. The summed E-state index contributed by atoms with van der Waals surface area (Å²) in [7, 11) is 0. The summed E-state index contributed by atoms with van der Waals surface area (Å²) in [5.41, 5.74) is 0. The molecule has 20 heavy (non-hydrogen) atoms. The van der Waals surface area contributed by atoms with Gasteiger partial charge in [0.05, 0.1) is 0 Å². The van der Waals surface area contributed by atoms with Crippen LogP contribution in [0.5, 0.6) is 0 Å². The summed E-state index contributed by atoms with van der Waals surface area (Å²) in [5, 5.41) is 34.9. The van der Waals surface area contributed by atoms with E-state index in [1.54, 1.807) is 0 Å². The molecule has 10 heteroatoms. The third-order valence-corrected chi connectivity index (χ3v) is 3.29. The first-order valence-corrected chi connectivity index (χ1v) is 5.67. The van der Waals surface area contributed by atoms with Crippen molar-refractivity contribution in [2.45, 2.75) is 30.0 Å². The Bertz CT molecular complexity index is 365. The second kappa shape index (κ2) is 9.36. The molecule has 0 bridgehead atoms. The molecule has 0 unspecified atom stereocenters. The van der Waals surface area contributed by atoms with E-state index in [2.05, 4.69) is 16.0 Å². The molecule has 8 nitrogen and oxygen atoms in total. The summed E-state index contributed by atoms with van der Waals surface area (Å²) >= 11 is 3.47. The van der Waals surface area contributed by atoms with Crippen molar-refractivity contribution in [2.75, 3.05) is 0 Å². The Balaban J connectivity index is 0. The SMILES string of the molecule is O=C(O)CC(CC(=O)O)[C]([Fe])(CC(=O)O)CC(=O)O.[NaH]. The van der Waals surface area contributed by atoms with E-state index in [0.29, 0.717) is 0 Å². The molecular formula is C10H14FeNaO8. The Kier molecular flexibility index (Phi) is 10.1. The van der Waals surface area contributed by atoms with E-state index in [1.807, 2.05) is 0 Å². The van der Waals surface area contributed by atoms with Crippen molar-refractivity contribution in [3.8, 4) is 0 Å². The van der Waals surface area contributed by atoms with Gasteiger partial charge in [0.1, 0.15) is 0 Å². The fraction of sp³-hybridized carbons (Fsp3) is 0.600. The first-order chi connectivity index (χ1) is 8.56. The monoisotopic (exact) mass is 341 g/mol. The number of carbonyl (C=O) groups is 4. The van der Waals surface area contributed by atoms with E-state index in [0.717, 1.165) is 0 Å². The number of rotatable bonds is 9. The molecule has 0 aromatic heterocycles. The zero-order valence-corrected chi connectivity index (χ0v) is 10.8. The van der Waals surface area contributed by atoms with Crippen molar-refractivity contribution in [1.29, 1.82) is 0 Å². The van der Waals surface area contributed by atoms with Crippen LogP contribution in [0.1, 0.15) is 25.7 Å². The fourth-order valence-electron chi connectivity index (χ4n) is 1.70. The minimum absolute atomic E-state index is 0. The van der Waals surface area contributed by atoms with Crippen molar-refractivity contribution < 1.29 is 55.6 Å². The Morgan fingerprint density at radius 2 is 1.10 bits per heavy atom. The Hall–Kier alpha value is -0.601. The number of hydrogen-bond acceptors (Lipinski definition) is 4. The number of carboxylic acid groups (broad SMARTS) is 4. The topological polar surface area (TPSA) is 149 Å². The van der Waals surface area contributed by atoms with E-state index < -0.39 is 59.8 Å². The molecule has 4 N–H and O–H groups in total. The van der Waals surface area contributed by atoms with Gasteiger partial charge >= 0.3 is 145 Å². The van der Waals surface area contributed by atoms with Gasteiger partial charge in [0.2, 0.25) is 0 Å². The molecule has 0 spiro atoms. The van der Waals surface area contributed by atoms with Gasteiger partial charge in [0.25, 0.3) is 0 Å². The summed E-state index contributed by atoms with van der Waals surface area (Å²) in [5.74, 6) is -6.59.